The van der Waals surface area contributed by atoms with Crippen molar-refractivity contribution >= 4 is 17.6 Å². The van der Waals surface area contributed by atoms with Gasteiger partial charge in [0.1, 0.15) is 0 Å². The van der Waals surface area contributed by atoms with Crippen LogP contribution in [0.4, 0.5) is 23.7 Å². The van der Waals surface area contributed by atoms with Gasteiger partial charge in [-0.1, -0.05) is 25.8 Å². The smallest absolute Gasteiger partial charge is 0.369 e. The van der Waals surface area contributed by atoms with Crippen LogP contribution in [0.2, 0.25) is 0 Å². The van der Waals surface area contributed by atoms with Crippen molar-refractivity contribution in [2.24, 2.45) is 5.92 Å². The van der Waals surface area contributed by atoms with Crippen LogP contribution in [0.1, 0.15) is 38.2 Å². The molecule has 1 saturated carbocycles. The first-order valence-corrected chi connectivity index (χ1v) is 10.5. The predicted octanol–water partition coefficient (Wildman–Crippen LogP) is 3.23. The summed E-state index contributed by atoms with van der Waals surface area (Å²) in [4.78, 5) is 28.1. The Morgan fingerprint density at radius 1 is 1.10 bits per heavy atom. The molecule has 3 rings (SSSR count). The average molecular weight is 426 g/mol. The zero-order valence-electron chi connectivity index (χ0n) is 17.2. The Balaban J connectivity index is 1.43. The molecule has 3 amide bonds. The molecule has 1 heterocycles. The fourth-order valence-electron chi connectivity index (χ4n) is 4.15. The molecule has 1 aromatic rings. The maximum absolute atomic E-state index is 12.9. The molecule has 0 spiro atoms. The first-order valence-electron chi connectivity index (χ1n) is 10.5. The number of anilines is 1. The summed E-state index contributed by atoms with van der Waals surface area (Å²) in [7, 11) is 0. The van der Waals surface area contributed by atoms with E-state index in [-0.39, 0.29) is 18.5 Å². The molecule has 2 unspecified atom stereocenters. The third-order valence-electron chi connectivity index (χ3n) is 5.96. The summed E-state index contributed by atoms with van der Waals surface area (Å²) in [5.74, 6) is 0.0343. The minimum absolute atomic E-state index is 0.0874. The molecule has 0 aromatic heterocycles. The molecule has 1 saturated heterocycles. The number of amides is 3. The number of piperazine rings is 1. The quantitative estimate of drug-likeness (QED) is 0.776. The van der Waals surface area contributed by atoms with Gasteiger partial charge in [0.25, 0.3) is 0 Å². The number of imide groups is 1. The molecule has 1 aliphatic heterocycles. The summed E-state index contributed by atoms with van der Waals surface area (Å²) < 4.78 is 38.7. The van der Waals surface area contributed by atoms with Gasteiger partial charge in [0.15, 0.2) is 0 Å². The van der Waals surface area contributed by atoms with Gasteiger partial charge in [-0.3, -0.25) is 15.0 Å². The molecule has 1 aromatic carbocycles. The lowest BCUT2D eigenvalue weighted by Gasteiger charge is -2.36. The number of nitrogens with one attached hydrogen (secondary N) is 2. The largest absolute Gasteiger partial charge is 0.416 e. The van der Waals surface area contributed by atoms with Gasteiger partial charge < -0.3 is 10.2 Å². The maximum Gasteiger partial charge on any atom is 0.416 e. The molecule has 2 N–H and O–H groups in total. The fourth-order valence-corrected chi connectivity index (χ4v) is 4.15. The molecule has 1 aliphatic carbocycles. The third kappa shape index (κ3) is 6.10. The maximum atomic E-state index is 12.9. The van der Waals surface area contributed by atoms with E-state index in [9.17, 15) is 22.8 Å². The highest BCUT2D eigenvalue weighted by Gasteiger charge is 2.31. The van der Waals surface area contributed by atoms with Crippen molar-refractivity contribution in [1.82, 2.24) is 15.5 Å². The Kier molecular flexibility index (Phi) is 7.23. The van der Waals surface area contributed by atoms with E-state index >= 15 is 0 Å². The minimum atomic E-state index is -4.37. The normalized spacial score (nSPS) is 23.1. The summed E-state index contributed by atoms with van der Waals surface area (Å²) in [6.45, 7) is 4.29. The van der Waals surface area contributed by atoms with Gasteiger partial charge in [0.05, 0.1) is 12.1 Å². The highest BCUT2D eigenvalue weighted by atomic mass is 19.4. The van der Waals surface area contributed by atoms with Crippen LogP contribution in [0.15, 0.2) is 24.3 Å². The minimum Gasteiger partial charge on any atom is -0.369 e. The van der Waals surface area contributed by atoms with E-state index in [1.165, 1.54) is 12.5 Å². The van der Waals surface area contributed by atoms with Gasteiger partial charge in [-0.05, 0) is 37.0 Å². The van der Waals surface area contributed by atoms with E-state index in [1.807, 2.05) is 9.80 Å². The van der Waals surface area contributed by atoms with Gasteiger partial charge in [-0.2, -0.15) is 13.2 Å². The highest BCUT2D eigenvalue weighted by Crippen LogP contribution is 2.31. The number of benzene rings is 1. The topological polar surface area (TPSA) is 64.7 Å². The molecule has 30 heavy (non-hydrogen) atoms. The number of hydrogen-bond donors (Lipinski definition) is 2. The second-order valence-corrected chi connectivity index (χ2v) is 8.20. The lowest BCUT2D eigenvalue weighted by Crippen LogP contribution is -2.52. The monoisotopic (exact) mass is 426 g/mol. The number of rotatable bonds is 4. The lowest BCUT2D eigenvalue weighted by molar-refractivity contribution is -0.137. The number of halogens is 3. The van der Waals surface area contributed by atoms with Gasteiger partial charge in [0, 0.05) is 37.9 Å². The summed E-state index contributed by atoms with van der Waals surface area (Å²) >= 11 is 0. The molecular weight excluding hydrogens is 397 g/mol. The zero-order chi connectivity index (χ0) is 21.7. The van der Waals surface area contributed by atoms with E-state index in [0.717, 1.165) is 31.4 Å². The third-order valence-corrected chi connectivity index (χ3v) is 5.96. The Bertz CT molecular complexity index is 748. The molecule has 0 radical (unpaired) electrons. The SMILES string of the molecule is CC1CCCCC1NC(=O)NC(=O)CN1CCN(c2cccc(C(F)(F)F)c2)CC1. The summed E-state index contributed by atoms with van der Waals surface area (Å²) in [5.41, 5.74) is -0.144. The predicted molar refractivity (Wildman–Crippen MR) is 108 cm³/mol. The van der Waals surface area contributed by atoms with Gasteiger partial charge in [0.2, 0.25) is 5.91 Å². The van der Waals surface area contributed by atoms with Crippen LogP contribution in [0.25, 0.3) is 0 Å². The molecule has 6 nitrogen and oxygen atoms in total. The number of carbonyl (C=O) groups is 2. The van der Waals surface area contributed by atoms with Crippen LogP contribution < -0.4 is 15.5 Å². The van der Waals surface area contributed by atoms with Crippen molar-refractivity contribution in [2.45, 2.75) is 44.8 Å². The second kappa shape index (κ2) is 9.68. The first kappa shape index (κ1) is 22.4. The number of urea groups is 1. The van der Waals surface area contributed by atoms with Crippen LogP contribution in [-0.4, -0.2) is 55.6 Å². The zero-order valence-corrected chi connectivity index (χ0v) is 17.2. The standard InChI is InChI=1S/C21H29F3N4O2/c1-15-5-2-3-8-18(15)25-20(30)26-19(29)14-27-9-11-28(12-10-27)17-7-4-6-16(13-17)21(22,23)24/h4,6-7,13,15,18H,2-3,5,8-12,14H2,1H3,(H2,25,26,29,30). The van der Waals surface area contributed by atoms with Crippen LogP contribution in [0, 0.1) is 5.92 Å². The average Bonchev–Trinajstić information content (AvgIpc) is 2.69. The van der Waals surface area contributed by atoms with Gasteiger partial charge in [-0.25, -0.2) is 4.79 Å². The Labute approximate surface area is 174 Å². The summed E-state index contributed by atoms with van der Waals surface area (Å²) in [6, 6.07) is 4.92. The van der Waals surface area contributed by atoms with Crippen molar-refractivity contribution in [2.75, 3.05) is 37.6 Å². The number of carbonyl (C=O) groups excluding carboxylic acids is 2. The van der Waals surface area contributed by atoms with Gasteiger partial charge >= 0.3 is 12.2 Å². The number of alkyl halides is 3. The lowest BCUT2D eigenvalue weighted by atomic mass is 9.86. The molecule has 166 valence electrons. The van der Waals surface area contributed by atoms with E-state index in [4.69, 9.17) is 0 Å². The fraction of sp³-hybridized carbons (Fsp3) is 0.619. The van der Waals surface area contributed by atoms with E-state index in [2.05, 4.69) is 17.6 Å². The molecule has 9 heteroatoms. The van der Waals surface area contributed by atoms with Gasteiger partial charge in [-0.15, -0.1) is 0 Å². The van der Waals surface area contributed by atoms with Crippen LogP contribution in [0.3, 0.4) is 0 Å². The highest BCUT2D eigenvalue weighted by molar-refractivity contribution is 5.95. The van der Waals surface area contributed by atoms with Crippen LogP contribution >= 0.6 is 0 Å². The first-order chi connectivity index (χ1) is 14.2. The Morgan fingerprint density at radius 3 is 2.47 bits per heavy atom. The van der Waals surface area contributed by atoms with Crippen LogP contribution in [0.5, 0.6) is 0 Å². The van der Waals surface area contributed by atoms with Crippen molar-refractivity contribution < 1.29 is 22.8 Å². The van der Waals surface area contributed by atoms with Crippen molar-refractivity contribution in [3.05, 3.63) is 29.8 Å². The van der Waals surface area contributed by atoms with Crippen molar-refractivity contribution in [1.29, 1.82) is 0 Å². The van der Waals surface area contributed by atoms with E-state index in [0.29, 0.717) is 37.8 Å². The van der Waals surface area contributed by atoms with Crippen LogP contribution in [-0.2, 0) is 11.0 Å². The molecule has 2 atom stereocenters. The molecule has 2 fully saturated rings. The number of hydrogen-bond acceptors (Lipinski definition) is 4. The summed E-state index contributed by atoms with van der Waals surface area (Å²) in [6.07, 6.45) is -0.104. The Morgan fingerprint density at radius 2 is 1.80 bits per heavy atom. The van der Waals surface area contributed by atoms with Crippen molar-refractivity contribution in [3.63, 3.8) is 0 Å². The second-order valence-electron chi connectivity index (χ2n) is 8.20. The molecule has 0 bridgehead atoms. The Hall–Kier alpha value is -2.29. The summed E-state index contributed by atoms with van der Waals surface area (Å²) in [5, 5.41) is 5.29. The van der Waals surface area contributed by atoms with E-state index in [1.54, 1.807) is 6.07 Å². The number of nitrogens with zero attached hydrogens (tertiary/aromatic N) is 2. The molecule has 2 aliphatic rings. The molecular formula is C21H29F3N4O2. The van der Waals surface area contributed by atoms with E-state index < -0.39 is 17.8 Å². The van der Waals surface area contributed by atoms with Crippen molar-refractivity contribution in [3.8, 4) is 0 Å².